The van der Waals surface area contributed by atoms with Crippen molar-refractivity contribution in [3.8, 4) is 11.5 Å². The quantitative estimate of drug-likeness (QED) is 0.437. The molecule has 2 fully saturated rings. The van der Waals surface area contributed by atoms with Gasteiger partial charge in [0.05, 0.1) is 50.5 Å². The highest BCUT2D eigenvalue weighted by Gasteiger charge is 2.45. The van der Waals surface area contributed by atoms with E-state index in [0.717, 1.165) is 48.7 Å². The fraction of sp³-hybridized carbons (Fsp3) is 0.441. The molecule has 0 spiro atoms. The number of amides is 1. The fourth-order valence-electron chi connectivity index (χ4n) is 6.38. The van der Waals surface area contributed by atoms with Gasteiger partial charge in [-0.15, -0.1) is 0 Å². The number of methoxy groups -OCH3 is 1. The predicted molar refractivity (Wildman–Crippen MR) is 164 cm³/mol. The maximum Gasteiger partial charge on any atom is 0.232 e. The number of carbonyl (C=O) groups is 1. The zero-order valence-electron chi connectivity index (χ0n) is 24.6. The van der Waals surface area contributed by atoms with E-state index in [1.807, 2.05) is 86.4 Å². The van der Waals surface area contributed by atoms with Crippen LogP contribution >= 0.6 is 11.6 Å². The van der Waals surface area contributed by atoms with Gasteiger partial charge >= 0.3 is 0 Å². The smallest absolute Gasteiger partial charge is 0.232 e. The van der Waals surface area contributed by atoms with Gasteiger partial charge in [0, 0.05) is 35.6 Å². The second-order valence-corrected chi connectivity index (χ2v) is 12.6. The summed E-state index contributed by atoms with van der Waals surface area (Å²) in [7, 11) is 1.62. The Morgan fingerprint density at radius 2 is 1.83 bits per heavy atom. The first-order valence-corrected chi connectivity index (χ1v) is 15.1. The molecule has 3 atom stereocenters. The molecule has 3 aliphatic heterocycles. The molecule has 3 unspecified atom stereocenters. The van der Waals surface area contributed by atoms with Crippen molar-refractivity contribution in [2.45, 2.75) is 51.0 Å². The minimum Gasteiger partial charge on any atom is -0.493 e. The summed E-state index contributed by atoms with van der Waals surface area (Å²) in [5.41, 5.74) is 2.60. The molecule has 222 valence electrons. The number of aliphatic hydroxyl groups is 1. The number of fused-ring (bicyclic) bond motifs is 1. The molecule has 2 saturated heterocycles. The van der Waals surface area contributed by atoms with Gasteiger partial charge in [-0.05, 0) is 73.9 Å². The lowest BCUT2D eigenvalue weighted by Crippen LogP contribution is -2.63. The van der Waals surface area contributed by atoms with Crippen LogP contribution in [0, 0.1) is 11.8 Å². The van der Waals surface area contributed by atoms with Crippen LogP contribution in [0.15, 0.2) is 71.8 Å². The van der Waals surface area contributed by atoms with Gasteiger partial charge in [-0.2, -0.15) is 0 Å². The minimum absolute atomic E-state index is 0.00551. The van der Waals surface area contributed by atoms with E-state index in [1.54, 1.807) is 7.11 Å². The summed E-state index contributed by atoms with van der Waals surface area (Å²) in [4.78, 5) is 18.2. The van der Waals surface area contributed by atoms with Crippen LogP contribution in [0.2, 0.25) is 0 Å². The lowest BCUT2D eigenvalue weighted by atomic mass is 9.77. The number of allylic oxidation sites excluding steroid dienone is 4. The van der Waals surface area contributed by atoms with E-state index in [-0.39, 0.29) is 36.3 Å². The van der Waals surface area contributed by atoms with Gasteiger partial charge in [0.25, 0.3) is 0 Å². The van der Waals surface area contributed by atoms with Crippen molar-refractivity contribution < 1.29 is 24.1 Å². The molecular weight excluding hydrogens is 552 g/mol. The van der Waals surface area contributed by atoms with Crippen LogP contribution < -0.4 is 14.4 Å². The number of rotatable bonds is 8. The van der Waals surface area contributed by atoms with E-state index in [9.17, 15) is 9.90 Å². The molecule has 1 amide bonds. The third-order valence-electron chi connectivity index (χ3n) is 9.00. The Hall–Kier alpha value is -3.10. The van der Waals surface area contributed by atoms with Crippen molar-refractivity contribution in [3.63, 3.8) is 0 Å². The predicted octanol–water partition coefficient (Wildman–Crippen LogP) is 5.52. The van der Waals surface area contributed by atoms with Gasteiger partial charge < -0.3 is 24.2 Å². The minimum atomic E-state index is -0.966. The van der Waals surface area contributed by atoms with E-state index in [1.165, 1.54) is 0 Å². The zero-order valence-corrected chi connectivity index (χ0v) is 25.4. The van der Waals surface area contributed by atoms with Gasteiger partial charge in [0.2, 0.25) is 5.91 Å². The number of likely N-dealkylation sites (tertiary alicyclic amines) is 1. The highest BCUT2D eigenvalue weighted by atomic mass is 35.5. The maximum absolute atomic E-state index is 13.9. The van der Waals surface area contributed by atoms with Gasteiger partial charge in [-0.25, -0.2) is 0 Å². The number of halogens is 1. The number of anilines is 1. The largest absolute Gasteiger partial charge is 0.493 e. The molecule has 0 radical (unpaired) electrons. The molecule has 0 bridgehead atoms. The van der Waals surface area contributed by atoms with Crippen LogP contribution in [0.25, 0.3) is 0 Å². The van der Waals surface area contributed by atoms with Crippen LogP contribution in [0.1, 0.15) is 43.5 Å². The second-order valence-electron chi connectivity index (χ2n) is 12.2. The zero-order chi connectivity index (χ0) is 29.6. The first kappa shape index (κ1) is 29.0. The Balaban J connectivity index is 1.34. The summed E-state index contributed by atoms with van der Waals surface area (Å²) >= 11 is 6.34. The number of ether oxygens (including phenoxy) is 3. The first-order chi connectivity index (χ1) is 20.2. The van der Waals surface area contributed by atoms with Gasteiger partial charge in [-0.3, -0.25) is 9.69 Å². The fourth-order valence-corrected chi connectivity index (χ4v) is 6.53. The topological polar surface area (TPSA) is 71.5 Å². The van der Waals surface area contributed by atoms with Crippen LogP contribution in [0.4, 0.5) is 5.69 Å². The molecule has 2 aromatic rings. The normalized spacial score (nSPS) is 24.4. The molecule has 6 rings (SSSR count). The highest BCUT2D eigenvalue weighted by molar-refractivity contribution is 6.31. The van der Waals surface area contributed by atoms with Crippen molar-refractivity contribution in [2.75, 3.05) is 38.3 Å². The monoisotopic (exact) mass is 590 g/mol. The third kappa shape index (κ3) is 5.39. The molecule has 1 N–H and O–H groups in total. The van der Waals surface area contributed by atoms with Gasteiger partial charge in [0.1, 0.15) is 0 Å². The number of carbonyl (C=O) groups excluding carboxylic acids is 1. The van der Waals surface area contributed by atoms with Crippen LogP contribution in [-0.4, -0.2) is 61.5 Å². The standard InChI is InChI=1S/C34H39ClN2O5/c1-21(2)42-31-16-29-23(14-30(31)40-4)15-32(38)37(33(29)22-6-5-7-26(35)11-8-22)27-12-9-24(10-13-27)34(3,39)25-17-36(18-25)28-19-41-20-28/h5-14,16,21-22,25,28,33,39H,15,17-20H2,1-4H3. The molecule has 0 aromatic heterocycles. The summed E-state index contributed by atoms with van der Waals surface area (Å²) in [6.07, 6.45) is 10.0. The Morgan fingerprint density at radius 3 is 2.48 bits per heavy atom. The van der Waals surface area contributed by atoms with E-state index in [2.05, 4.69) is 11.0 Å². The van der Waals surface area contributed by atoms with Crippen LogP contribution in [0.5, 0.6) is 11.5 Å². The van der Waals surface area contributed by atoms with E-state index < -0.39 is 5.60 Å². The Bertz CT molecular complexity index is 1420. The summed E-state index contributed by atoms with van der Waals surface area (Å²) in [6, 6.07) is 11.9. The Kier molecular flexibility index (Phi) is 7.96. The molecule has 3 heterocycles. The van der Waals surface area contributed by atoms with Crippen LogP contribution in [0.3, 0.4) is 0 Å². The molecule has 4 aliphatic rings. The molecule has 42 heavy (non-hydrogen) atoms. The molecule has 8 heteroatoms. The summed E-state index contributed by atoms with van der Waals surface area (Å²) in [5.74, 6) is 1.27. The highest BCUT2D eigenvalue weighted by Crippen LogP contribution is 2.46. The molecule has 7 nitrogen and oxygen atoms in total. The van der Waals surface area contributed by atoms with Crippen molar-refractivity contribution >= 4 is 23.2 Å². The second kappa shape index (κ2) is 11.5. The SMILES string of the molecule is COc1cc2c(cc1OC(C)C)C(C1C=CC=C(Cl)C=C1)N(c1ccc(C(C)(O)C3CN(C4COC4)C3)cc1)C(=O)C2. The Morgan fingerprint density at radius 1 is 1.10 bits per heavy atom. The van der Waals surface area contributed by atoms with E-state index in [4.69, 9.17) is 25.8 Å². The van der Waals surface area contributed by atoms with E-state index >= 15 is 0 Å². The summed E-state index contributed by atoms with van der Waals surface area (Å²) in [6.45, 7) is 9.13. The maximum atomic E-state index is 13.9. The molecule has 2 aromatic carbocycles. The number of nitrogens with zero attached hydrogens (tertiary/aromatic N) is 2. The summed E-state index contributed by atoms with van der Waals surface area (Å²) in [5, 5.41) is 12.2. The Labute approximate surface area is 253 Å². The lowest BCUT2D eigenvalue weighted by Gasteiger charge is -2.52. The molecular formula is C34H39ClN2O5. The number of hydrogen-bond donors (Lipinski definition) is 1. The number of hydrogen-bond acceptors (Lipinski definition) is 6. The molecule has 0 saturated carbocycles. The van der Waals surface area contributed by atoms with Crippen molar-refractivity contribution in [1.29, 1.82) is 0 Å². The van der Waals surface area contributed by atoms with Crippen molar-refractivity contribution in [3.05, 3.63) is 88.5 Å². The average molecular weight is 591 g/mol. The number of benzene rings is 2. The molecule has 1 aliphatic carbocycles. The first-order valence-electron chi connectivity index (χ1n) is 14.7. The van der Waals surface area contributed by atoms with Crippen LogP contribution in [-0.2, 0) is 21.6 Å². The van der Waals surface area contributed by atoms with E-state index in [0.29, 0.717) is 22.6 Å². The summed E-state index contributed by atoms with van der Waals surface area (Å²) < 4.78 is 17.1. The van der Waals surface area contributed by atoms with Crippen molar-refractivity contribution in [2.24, 2.45) is 11.8 Å². The third-order valence-corrected chi connectivity index (χ3v) is 9.25. The van der Waals surface area contributed by atoms with Gasteiger partial charge in [-0.1, -0.05) is 42.0 Å². The lowest BCUT2D eigenvalue weighted by molar-refractivity contribution is -0.145. The van der Waals surface area contributed by atoms with Gasteiger partial charge in [0.15, 0.2) is 11.5 Å². The van der Waals surface area contributed by atoms with Crippen molar-refractivity contribution in [1.82, 2.24) is 4.90 Å². The average Bonchev–Trinajstić information content (AvgIpc) is 3.12.